The second-order valence-corrected chi connectivity index (χ2v) is 6.03. The van der Waals surface area contributed by atoms with Crippen LogP contribution in [0.25, 0.3) is 0 Å². The molecular formula is C14H9BrCl2N2O4. The Bertz CT molecular complexity index is 770. The smallest absolute Gasteiger partial charge is 0.271 e. The van der Waals surface area contributed by atoms with Gasteiger partial charge in [0.15, 0.2) is 6.61 Å². The molecule has 1 N–H and O–H groups in total. The molecule has 0 aliphatic carbocycles. The van der Waals surface area contributed by atoms with Crippen LogP contribution in [0.2, 0.25) is 10.0 Å². The Morgan fingerprint density at radius 1 is 1.26 bits per heavy atom. The van der Waals surface area contributed by atoms with Gasteiger partial charge >= 0.3 is 0 Å². The van der Waals surface area contributed by atoms with Crippen LogP contribution in [0, 0.1) is 10.1 Å². The zero-order valence-electron chi connectivity index (χ0n) is 11.4. The van der Waals surface area contributed by atoms with Crippen molar-refractivity contribution >= 4 is 56.4 Å². The number of nitro benzene ring substituents is 1. The van der Waals surface area contributed by atoms with Gasteiger partial charge in [0.1, 0.15) is 5.75 Å². The van der Waals surface area contributed by atoms with Crippen molar-refractivity contribution in [3.63, 3.8) is 0 Å². The number of hydrogen-bond acceptors (Lipinski definition) is 4. The summed E-state index contributed by atoms with van der Waals surface area (Å²) in [6.45, 7) is -0.292. The topological polar surface area (TPSA) is 81.5 Å². The minimum Gasteiger partial charge on any atom is -0.483 e. The van der Waals surface area contributed by atoms with Crippen molar-refractivity contribution < 1.29 is 14.5 Å². The lowest BCUT2D eigenvalue weighted by molar-refractivity contribution is -0.384. The lowest BCUT2D eigenvalue weighted by Gasteiger charge is -2.10. The lowest BCUT2D eigenvalue weighted by atomic mass is 10.3. The molecule has 120 valence electrons. The van der Waals surface area contributed by atoms with Crippen molar-refractivity contribution in [2.24, 2.45) is 0 Å². The highest BCUT2D eigenvalue weighted by molar-refractivity contribution is 9.10. The highest BCUT2D eigenvalue weighted by Crippen LogP contribution is 2.29. The number of halogens is 3. The van der Waals surface area contributed by atoms with Crippen LogP contribution in [0.1, 0.15) is 0 Å². The van der Waals surface area contributed by atoms with Gasteiger partial charge in [-0.1, -0.05) is 23.2 Å². The van der Waals surface area contributed by atoms with Crippen LogP contribution < -0.4 is 10.1 Å². The van der Waals surface area contributed by atoms with Crippen LogP contribution in [0.4, 0.5) is 11.4 Å². The van der Waals surface area contributed by atoms with Gasteiger partial charge in [-0.15, -0.1) is 0 Å². The second-order valence-electron chi connectivity index (χ2n) is 4.33. The molecule has 0 aliphatic heterocycles. The van der Waals surface area contributed by atoms with Crippen molar-refractivity contribution in [1.82, 2.24) is 0 Å². The number of carbonyl (C=O) groups is 1. The monoisotopic (exact) mass is 418 g/mol. The molecule has 9 heteroatoms. The van der Waals surface area contributed by atoms with Crippen LogP contribution in [0.3, 0.4) is 0 Å². The SMILES string of the molecule is O=C(COc1ccc(Cl)cc1Br)Nc1cc([N+](=O)[O-])ccc1Cl. The van der Waals surface area contributed by atoms with E-state index in [1.807, 2.05) is 0 Å². The summed E-state index contributed by atoms with van der Waals surface area (Å²) >= 11 is 15.0. The summed E-state index contributed by atoms with van der Waals surface area (Å²) in [5.74, 6) is -0.0658. The first kappa shape index (κ1) is 17.5. The summed E-state index contributed by atoms with van der Waals surface area (Å²) in [5.41, 5.74) is -0.0318. The van der Waals surface area contributed by atoms with Crippen molar-refractivity contribution in [2.45, 2.75) is 0 Å². The van der Waals surface area contributed by atoms with E-state index in [4.69, 9.17) is 27.9 Å². The number of anilines is 1. The van der Waals surface area contributed by atoms with Crippen LogP contribution >= 0.6 is 39.1 Å². The fourth-order valence-corrected chi connectivity index (χ4v) is 2.61. The Labute approximate surface area is 149 Å². The summed E-state index contributed by atoms with van der Waals surface area (Å²) in [4.78, 5) is 22.1. The molecule has 0 heterocycles. The van der Waals surface area contributed by atoms with E-state index >= 15 is 0 Å². The third-order valence-corrected chi connectivity index (χ3v) is 3.87. The minimum absolute atomic E-state index is 0.143. The van der Waals surface area contributed by atoms with Gasteiger partial charge < -0.3 is 10.1 Å². The number of hydrogen-bond donors (Lipinski definition) is 1. The van der Waals surface area contributed by atoms with E-state index < -0.39 is 10.8 Å². The van der Waals surface area contributed by atoms with E-state index in [2.05, 4.69) is 21.2 Å². The fraction of sp³-hybridized carbons (Fsp3) is 0.0714. The van der Waals surface area contributed by atoms with Gasteiger partial charge in [0, 0.05) is 17.2 Å². The average molecular weight is 420 g/mol. The highest BCUT2D eigenvalue weighted by atomic mass is 79.9. The Kier molecular flexibility index (Phi) is 5.81. The molecule has 0 aromatic heterocycles. The van der Waals surface area contributed by atoms with Gasteiger partial charge in [0.05, 0.1) is 20.1 Å². The highest BCUT2D eigenvalue weighted by Gasteiger charge is 2.13. The zero-order chi connectivity index (χ0) is 17.0. The van der Waals surface area contributed by atoms with E-state index in [0.29, 0.717) is 15.2 Å². The predicted molar refractivity (Wildman–Crippen MR) is 91.4 cm³/mol. The maximum absolute atomic E-state index is 11.9. The molecule has 2 aromatic carbocycles. The number of ether oxygens (including phenoxy) is 1. The molecule has 0 aliphatic rings. The summed E-state index contributed by atoms with van der Waals surface area (Å²) < 4.78 is 5.95. The van der Waals surface area contributed by atoms with E-state index in [9.17, 15) is 14.9 Å². The molecule has 2 aromatic rings. The van der Waals surface area contributed by atoms with Crippen LogP contribution in [0.15, 0.2) is 40.9 Å². The quantitative estimate of drug-likeness (QED) is 0.563. The molecule has 0 radical (unpaired) electrons. The number of non-ortho nitro benzene ring substituents is 1. The lowest BCUT2D eigenvalue weighted by Crippen LogP contribution is -2.20. The second kappa shape index (κ2) is 7.63. The molecule has 2 rings (SSSR count). The number of nitrogens with one attached hydrogen (secondary N) is 1. The van der Waals surface area contributed by atoms with E-state index in [1.54, 1.807) is 18.2 Å². The molecular weight excluding hydrogens is 411 g/mol. The van der Waals surface area contributed by atoms with E-state index in [-0.39, 0.29) is 23.0 Å². The first-order chi connectivity index (χ1) is 10.9. The number of benzene rings is 2. The standard InChI is InChI=1S/C14H9BrCl2N2O4/c15-10-5-8(16)1-4-13(10)23-7-14(20)18-12-6-9(19(21)22)2-3-11(12)17/h1-6H,7H2,(H,18,20). The summed E-state index contributed by atoms with van der Waals surface area (Å²) in [5, 5.41) is 13.9. The van der Waals surface area contributed by atoms with Gasteiger partial charge in [-0.2, -0.15) is 0 Å². The maximum atomic E-state index is 11.9. The van der Waals surface area contributed by atoms with E-state index in [0.717, 1.165) is 0 Å². The van der Waals surface area contributed by atoms with Crippen LogP contribution in [-0.2, 0) is 4.79 Å². The van der Waals surface area contributed by atoms with Gasteiger partial charge in [0.2, 0.25) is 0 Å². The number of rotatable bonds is 5. The van der Waals surface area contributed by atoms with Gasteiger partial charge in [-0.25, -0.2) is 0 Å². The summed E-state index contributed by atoms with van der Waals surface area (Å²) in [6, 6.07) is 8.63. The first-order valence-electron chi connectivity index (χ1n) is 6.18. The van der Waals surface area contributed by atoms with Gasteiger partial charge in [-0.05, 0) is 40.2 Å². The molecule has 0 saturated carbocycles. The number of carbonyl (C=O) groups excluding carboxylic acids is 1. The summed E-state index contributed by atoms with van der Waals surface area (Å²) in [6.07, 6.45) is 0. The Balaban J connectivity index is 2.02. The Morgan fingerprint density at radius 2 is 2.00 bits per heavy atom. The molecule has 0 fully saturated rings. The molecule has 0 atom stereocenters. The molecule has 23 heavy (non-hydrogen) atoms. The predicted octanol–water partition coefficient (Wildman–Crippen LogP) is 4.68. The van der Waals surface area contributed by atoms with Crippen molar-refractivity contribution in [3.05, 3.63) is 61.0 Å². The number of nitro groups is 1. The third kappa shape index (κ3) is 4.82. The van der Waals surface area contributed by atoms with Gasteiger partial charge in [-0.3, -0.25) is 14.9 Å². The van der Waals surface area contributed by atoms with Crippen molar-refractivity contribution in [2.75, 3.05) is 11.9 Å². The van der Waals surface area contributed by atoms with E-state index in [1.165, 1.54) is 18.2 Å². The normalized spacial score (nSPS) is 10.2. The Hall–Kier alpha value is -1.83. The van der Waals surface area contributed by atoms with Crippen LogP contribution in [0.5, 0.6) is 5.75 Å². The molecule has 0 bridgehead atoms. The number of amides is 1. The Morgan fingerprint density at radius 3 is 2.65 bits per heavy atom. The number of nitrogens with zero attached hydrogens (tertiary/aromatic N) is 1. The van der Waals surface area contributed by atoms with Crippen molar-refractivity contribution in [3.8, 4) is 5.75 Å². The van der Waals surface area contributed by atoms with Gasteiger partial charge in [0.25, 0.3) is 11.6 Å². The zero-order valence-corrected chi connectivity index (χ0v) is 14.5. The molecule has 1 amide bonds. The molecule has 0 saturated heterocycles. The molecule has 0 spiro atoms. The third-order valence-electron chi connectivity index (χ3n) is 2.69. The summed E-state index contributed by atoms with van der Waals surface area (Å²) in [7, 11) is 0. The first-order valence-corrected chi connectivity index (χ1v) is 7.73. The molecule has 6 nitrogen and oxygen atoms in total. The average Bonchev–Trinajstić information content (AvgIpc) is 2.48. The molecule has 0 unspecified atom stereocenters. The fourth-order valence-electron chi connectivity index (χ4n) is 1.64. The largest absolute Gasteiger partial charge is 0.483 e. The van der Waals surface area contributed by atoms with Crippen LogP contribution in [-0.4, -0.2) is 17.4 Å². The maximum Gasteiger partial charge on any atom is 0.271 e. The minimum atomic E-state index is -0.576. The van der Waals surface area contributed by atoms with Crippen molar-refractivity contribution in [1.29, 1.82) is 0 Å².